The topological polar surface area (TPSA) is 38.0 Å². The molecule has 84 valence electrons. The van der Waals surface area contributed by atoms with Gasteiger partial charge >= 0.3 is 0 Å². The molecule has 1 N–H and O–H groups in total. The van der Waals surface area contributed by atoms with Gasteiger partial charge in [-0.2, -0.15) is 0 Å². The Balaban J connectivity index is 1.97. The highest BCUT2D eigenvalue weighted by molar-refractivity contribution is 7.98. The van der Waals surface area contributed by atoms with Gasteiger partial charge in [0.2, 0.25) is 0 Å². The van der Waals surface area contributed by atoms with E-state index in [2.05, 4.69) is 4.98 Å². The van der Waals surface area contributed by atoms with Crippen LogP contribution in [0.4, 0.5) is 0 Å². The summed E-state index contributed by atoms with van der Waals surface area (Å²) in [5.41, 5.74) is 0.946. The second-order valence-corrected chi connectivity index (χ2v) is 4.59. The monoisotopic (exact) mass is 234 g/mol. The molecule has 0 fully saturated rings. The number of imidazole rings is 1. The van der Waals surface area contributed by atoms with E-state index in [4.69, 9.17) is 5.11 Å². The van der Waals surface area contributed by atoms with Crippen molar-refractivity contribution in [3.8, 4) is 0 Å². The Bertz CT molecular complexity index is 450. The van der Waals surface area contributed by atoms with Crippen LogP contribution in [-0.2, 0) is 19.4 Å². The molecule has 0 aliphatic heterocycles. The van der Waals surface area contributed by atoms with Crippen LogP contribution in [0.5, 0.6) is 0 Å². The number of benzene rings is 1. The first kappa shape index (κ1) is 11.2. The van der Waals surface area contributed by atoms with Gasteiger partial charge in [-0.05, 0) is 17.7 Å². The molecule has 16 heavy (non-hydrogen) atoms. The normalized spacial score (nSPS) is 10.6. The molecule has 0 spiro atoms. The molecule has 2 rings (SSSR count). The number of rotatable bonds is 4. The number of nitrogens with zero attached hydrogens (tertiary/aromatic N) is 2. The van der Waals surface area contributed by atoms with Crippen molar-refractivity contribution in [3.05, 3.63) is 48.0 Å². The quantitative estimate of drug-likeness (QED) is 0.824. The van der Waals surface area contributed by atoms with E-state index in [1.165, 1.54) is 4.90 Å². The van der Waals surface area contributed by atoms with Crippen LogP contribution in [0.15, 0.2) is 41.6 Å². The van der Waals surface area contributed by atoms with Crippen LogP contribution >= 0.6 is 11.8 Å². The van der Waals surface area contributed by atoms with Gasteiger partial charge in [-0.1, -0.05) is 12.1 Å². The number of hydrogen-bond acceptors (Lipinski definition) is 3. The van der Waals surface area contributed by atoms with Crippen molar-refractivity contribution in [1.29, 1.82) is 0 Å². The first-order valence-electron chi connectivity index (χ1n) is 5.08. The lowest BCUT2D eigenvalue weighted by atomic mass is 10.2. The summed E-state index contributed by atoms with van der Waals surface area (Å²) >= 11 is 1.75. The Morgan fingerprint density at radius 3 is 2.62 bits per heavy atom. The van der Waals surface area contributed by atoms with Gasteiger partial charge in [-0.15, -0.1) is 11.8 Å². The third-order valence-corrected chi connectivity index (χ3v) is 3.40. The van der Waals surface area contributed by atoms with Crippen LogP contribution in [0.2, 0.25) is 0 Å². The van der Waals surface area contributed by atoms with Crippen LogP contribution in [0, 0.1) is 0 Å². The van der Waals surface area contributed by atoms with E-state index in [0.717, 1.165) is 17.1 Å². The largest absolute Gasteiger partial charge is 0.392 e. The van der Waals surface area contributed by atoms with Gasteiger partial charge in [0, 0.05) is 24.3 Å². The Labute approximate surface area is 99.1 Å². The summed E-state index contributed by atoms with van der Waals surface area (Å²) in [5, 5.41) is 8.92. The maximum Gasteiger partial charge on any atom is 0.118 e. The van der Waals surface area contributed by atoms with Crippen molar-refractivity contribution in [2.75, 3.05) is 0 Å². The molecule has 1 aromatic heterocycles. The van der Waals surface area contributed by atoms with Gasteiger partial charge in [0.25, 0.3) is 0 Å². The minimum Gasteiger partial charge on any atom is -0.392 e. The summed E-state index contributed by atoms with van der Waals surface area (Å²) in [7, 11) is 2.00. The van der Waals surface area contributed by atoms with E-state index >= 15 is 0 Å². The molecule has 0 radical (unpaired) electrons. The van der Waals surface area contributed by atoms with E-state index in [1.807, 2.05) is 48.3 Å². The molecule has 0 aliphatic carbocycles. The number of hydrogen-bond donors (Lipinski definition) is 1. The number of aliphatic hydroxyl groups excluding tert-OH is 1. The highest BCUT2D eigenvalue weighted by Crippen LogP contribution is 2.22. The highest BCUT2D eigenvalue weighted by atomic mass is 32.2. The molecule has 4 heteroatoms. The van der Waals surface area contributed by atoms with E-state index in [9.17, 15) is 0 Å². The van der Waals surface area contributed by atoms with Gasteiger partial charge in [-0.3, -0.25) is 0 Å². The first-order valence-corrected chi connectivity index (χ1v) is 6.07. The van der Waals surface area contributed by atoms with Gasteiger partial charge in [0.15, 0.2) is 0 Å². The Morgan fingerprint density at radius 2 is 2.06 bits per heavy atom. The maximum atomic E-state index is 8.92. The van der Waals surface area contributed by atoms with Gasteiger partial charge in [-0.25, -0.2) is 4.98 Å². The minimum absolute atomic E-state index is 0.102. The molecular weight excluding hydrogens is 220 g/mol. The predicted octanol–water partition coefficient (Wildman–Crippen LogP) is 2.20. The molecule has 0 saturated heterocycles. The smallest absolute Gasteiger partial charge is 0.118 e. The fourth-order valence-corrected chi connectivity index (χ4v) is 2.28. The lowest BCUT2D eigenvalue weighted by Crippen LogP contribution is -1.94. The summed E-state index contributed by atoms with van der Waals surface area (Å²) in [6, 6.07) is 7.94. The number of aryl methyl sites for hydroxylation is 1. The van der Waals surface area contributed by atoms with Gasteiger partial charge in [0.1, 0.15) is 5.82 Å². The molecule has 0 atom stereocenters. The summed E-state index contributed by atoms with van der Waals surface area (Å²) in [6.45, 7) is 0.102. The second kappa shape index (κ2) is 5.18. The highest BCUT2D eigenvalue weighted by Gasteiger charge is 2.00. The average molecular weight is 234 g/mol. The lowest BCUT2D eigenvalue weighted by molar-refractivity contribution is 0.282. The summed E-state index contributed by atoms with van der Waals surface area (Å²) in [4.78, 5) is 5.46. The van der Waals surface area contributed by atoms with E-state index in [0.29, 0.717) is 0 Å². The van der Waals surface area contributed by atoms with E-state index in [1.54, 1.807) is 11.8 Å². The van der Waals surface area contributed by atoms with Gasteiger partial charge in [0.05, 0.1) is 12.4 Å². The van der Waals surface area contributed by atoms with Crippen molar-refractivity contribution in [2.45, 2.75) is 17.3 Å². The summed E-state index contributed by atoms with van der Waals surface area (Å²) in [6.07, 6.45) is 3.76. The summed E-state index contributed by atoms with van der Waals surface area (Å²) < 4.78 is 2.02. The fourth-order valence-electron chi connectivity index (χ4n) is 1.37. The Hall–Kier alpha value is -1.26. The zero-order valence-electron chi connectivity index (χ0n) is 9.13. The minimum atomic E-state index is 0.102. The molecule has 1 heterocycles. The molecule has 0 aliphatic rings. The van der Waals surface area contributed by atoms with Crippen molar-refractivity contribution in [3.63, 3.8) is 0 Å². The van der Waals surface area contributed by atoms with Crippen molar-refractivity contribution in [2.24, 2.45) is 7.05 Å². The van der Waals surface area contributed by atoms with Crippen LogP contribution in [-0.4, -0.2) is 14.7 Å². The molecule has 1 aromatic carbocycles. The zero-order valence-corrected chi connectivity index (χ0v) is 9.94. The molecule has 2 aromatic rings. The number of aliphatic hydroxyl groups is 1. The Kier molecular flexibility index (Phi) is 3.64. The van der Waals surface area contributed by atoms with Crippen molar-refractivity contribution >= 4 is 11.8 Å². The first-order chi connectivity index (χ1) is 7.79. The SMILES string of the molecule is Cn1ccnc1CSc1ccc(CO)cc1. The number of aromatic nitrogens is 2. The fraction of sp³-hybridized carbons (Fsp3) is 0.250. The second-order valence-electron chi connectivity index (χ2n) is 3.55. The van der Waals surface area contributed by atoms with Crippen LogP contribution in [0.3, 0.4) is 0 Å². The third-order valence-electron chi connectivity index (χ3n) is 2.39. The Morgan fingerprint density at radius 1 is 1.31 bits per heavy atom. The molecule has 3 nitrogen and oxygen atoms in total. The molecule has 0 bridgehead atoms. The molecule has 0 saturated carbocycles. The zero-order chi connectivity index (χ0) is 11.4. The average Bonchev–Trinajstić information content (AvgIpc) is 2.73. The summed E-state index contributed by atoms with van der Waals surface area (Å²) in [5.74, 6) is 1.93. The van der Waals surface area contributed by atoms with Crippen molar-refractivity contribution < 1.29 is 5.11 Å². The standard InChI is InChI=1S/C12H14N2OS/c1-14-7-6-13-12(14)9-16-11-4-2-10(8-15)3-5-11/h2-7,15H,8-9H2,1H3. The molecular formula is C12H14N2OS. The lowest BCUT2D eigenvalue weighted by Gasteiger charge is -2.03. The van der Waals surface area contributed by atoms with E-state index < -0.39 is 0 Å². The molecule has 0 amide bonds. The van der Waals surface area contributed by atoms with Crippen molar-refractivity contribution in [1.82, 2.24) is 9.55 Å². The van der Waals surface area contributed by atoms with Crippen LogP contribution in [0.1, 0.15) is 11.4 Å². The third kappa shape index (κ3) is 2.65. The predicted molar refractivity (Wildman–Crippen MR) is 65.1 cm³/mol. The number of thioether (sulfide) groups is 1. The van der Waals surface area contributed by atoms with Gasteiger partial charge < -0.3 is 9.67 Å². The van der Waals surface area contributed by atoms with Crippen LogP contribution < -0.4 is 0 Å². The van der Waals surface area contributed by atoms with E-state index in [-0.39, 0.29) is 6.61 Å². The molecule has 0 unspecified atom stereocenters. The maximum absolute atomic E-state index is 8.92. The van der Waals surface area contributed by atoms with Crippen LogP contribution in [0.25, 0.3) is 0 Å².